The lowest BCUT2D eigenvalue weighted by atomic mass is 10.1. The summed E-state index contributed by atoms with van der Waals surface area (Å²) in [6.07, 6.45) is 0.126. The van der Waals surface area contributed by atoms with Crippen molar-refractivity contribution in [3.8, 4) is 11.5 Å². The molecular weight excluding hydrogens is 302 g/mol. The van der Waals surface area contributed by atoms with Gasteiger partial charge in [-0.2, -0.15) is 0 Å². The Hall–Kier alpha value is -2.49. The van der Waals surface area contributed by atoms with Crippen LogP contribution >= 0.6 is 0 Å². The number of hydrogen-bond acceptors (Lipinski definition) is 3. The minimum atomic E-state index is -0.148. The topological polar surface area (TPSA) is 47.6 Å². The molecule has 0 spiro atoms. The van der Waals surface area contributed by atoms with Crippen molar-refractivity contribution in [2.24, 2.45) is 0 Å². The summed E-state index contributed by atoms with van der Waals surface area (Å²) in [5.41, 5.74) is 3.20. The molecule has 2 aromatic rings. The van der Waals surface area contributed by atoms with Crippen molar-refractivity contribution < 1.29 is 14.3 Å². The van der Waals surface area contributed by atoms with E-state index in [0.717, 1.165) is 22.6 Å². The van der Waals surface area contributed by atoms with E-state index >= 15 is 0 Å². The summed E-state index contributed by atoms with van der Waals surface area (Å²) in [5, 5.41) is 2.86. The van der Waals surface area contributed by atoms with Gasteiger partial charge in [0.25, 0.3) is 5.91 Å². The SMILES string of the molecule is Cc1ccc(OCC(=O)NCc2cccc(OC(C)C)c2)c(C)c1. The smallest absolute Gasteiger partial charge is 0.258 e. The molecule has 0 aliphatic rings. The third kappa shape index (κ3) is 5.61. The number of ether oxygens (including phenoxy) is 2. The quantitative estimate of drug-likeness (QED) is 0.842. The first kappa shape index (κ1) is 17.9. The molecule has 0 saturated carbocycles. The van der Waals surface area contributed by atoms with Crippen molar-refractivity contribution in [1.29, 1.82) is 0 Å². The number of amides is 1. The van der Waals surface area contributed by atoms with Crippen LogP contribution in [-0.2, 0) is 11.3 Å². The van der Waals surface area contributed by atoms with Gasteiger partial charge in [0.05, 0.1) is 6.10 Å². The Morgan fingerprint density at radius 1 is 1.12 bits per heavy atom. The second kappa shape index (κ2) is 8.39. The van der Waals surface area contributed by atoms with Crippen molar-refractivity contribution >= 4 is 5.91 Å². The number of benzene rings is 2. The highest BCUT2D eigenvalue weighted by Crippen LogP contribution is 2.18. The van der Waals surface area contributed by atoms with E-state index in [1.54, 1.807) is 0 Å². The van der Waals surface area contributed by atoms with Gasteiger partial charge in [0.1, 0.15) is 11.5 Å². The Morgan fingerprint density at radius 3 is 2.62 bits per heavy atom. The zero-order valence-electron chi connectivity index (χ0n) is 14.8. The molecule has 0 aliphatic heterocycles. The van der Waals surface area contributed by atoms with Crippen LogP contribution < -0.4 is 14.8 Å². The molecule has 2 aromatic carbocycles. The molecular formula is C20H25NO3. The Morgan fingerprint density at radius 2 is 1.92 bits per heavy atom. The molecule has 0 bridgehead atoms. The van der Waals surface area contributed by atoms with E-state index in [1.807, 2.05) is 70.2 Å². The van der Waals surface area contributed by atoms with E-state index in [0.29, 0.717) is 6.54 Å². The van der Waals surface area contributed by atoms with Gasteiger partial charge in [-0.15, -0.1) is 0 Å². The normalized spacial score (nSPS) is 10.5. The number of aryl methyl sites for hydroxylation is 2. The summed E-state index contributed by atoms with van der Waals surface area (Å²) in [6, 6.07) is 13.6. The van der Waals surface area contributed by atoms with Gasteiger partial charge in [-0.3, -0.25) is 4.79 Å². The summed E-state index contributed by atoms with van der Waals surface area (Å²) >= 11 is 0. The number of carbonyl (C=O) groups is 1. The number of rotatable bonds is 7. The molecule has 0 radical (unpaired) electrons. The summed E-state index contributed by atoms with van der Waals surface area (Å²) in [4.78, 5) is 12.0. The van der Waals surface area contributed by atoms with Gasteiger partial charge in [-0.1, -0.05) is 29.8 Å². The third-order valence-electron chi connectivity index (χ3n) is 3.45. The van der Waals surface area contributed by atoms with Crippen molar-refractivity contribution in [1.82, 2.24) is 5.32 Å². The maximum Gasteiger partial charge on any atom is 0.258 e. The zero-order chi connectivity index (χ0) is 17.5. The highest BCUT2D eigenvalue weighted by Gasteiger charge is 2.06. The molecule has 0 unspecified atom stereocenters. The standard InChI is InChI=1S/C20H25NO3/c1-14(2)24-18-7-5-6-17(11-18)12-21-20(22)13-23-19-9-8-15(3)10-16(19)4/h5-11,14H,12-13H2,1-4H3,(H,21,22). The van der Waals surface area contributed by atoms with Gasteiger partial charge in [0, 0.05) is 6.54 Å². The lowest BCUT2D eigenvalue weighted by molar-refractivity contribution is -0.123. The zero-order valence-corrected chi connectivity index (χ0v) is 14.8. The van der Waals surface area contributed by atoms with Gasteiger partial charge < -0.3 is 14.8 Å². The Kier molecular flexibility index (Phi) is 6.24. The van der Waals surface area contributed by atoms with Crippen LogP contribution in [0.4, 0.5) is 0 Å². The Balaban J connectivity index is 1.82. The molecule has 128 valence electrons. The number of hydrogen-bond donors (Lipinski definition) is 1. The summed E-state index contributed by atoms with van der Waals surface area (Å²) in [5.74, 6) is 1.40. The van der Waals surface area contributed by atoms with Gasteiger partial charge >= 0.3 is 0 Å². The van der Waals surface area contributed by atoms with Crippen molar-refractivity contribution in [3.05, 3.63) is 59.2 Å². The third-order valence-corrected chi connectivity index (χ3v) is 3.45. The molecule has 24 heavy (non-hydrogen) atoms. The van der Waals surface area contributed by atoms with E-state index < -0.39 is 0 Å². The van der Waals surface area contributed by atoms with E-state index in [-0.39, 0.29) is 18.6 Å². The molecule has 0 aliphatic carbocycles. The van der Waals surface area contributed by atoms with Crippen LogP contribution in [0.1, 0.15) is 30.5 Å². The van der Waals surface area contributed by atoms with Crippen LogP contribution in [-0.4, -0.2) is 18.6 Å². The Bertz CT molecular complexity index is 695. The first-order valence-electron chi connectivity index (χ1n) is 8.16. The van der Waals surface area contributed by atoms with E-state index in [1.165, 1.54) is 5.56 Å². The predicted molar refractivity (Wildman–Crippen MR) is 95.5 cm³/mol. The molecule has 2 rings (SSSR count). The van der Waals surface area contributed by atoms with Crippen molar-refractivity contribution in [2.75, 3.05) is 6.61 Å². The highest BCUT2D eigenvalue weighted by molar-refractivity contribution is 5.77. The average Bonchev–Trinajstić information content (AvgIpc) is 2.52. The molecule has 0 atom stereocenters. The molecule has 0 heterocycles. The van der Waals surface area contributed by atoms with Crippen LogP contribution in [0.2, 0.25) is 0 Å². The fraction of sp³-hybridized carbons (Fsp3) is 0.350. The van der Waals surface area contributed by atoms with Crippen LogP contribution in [0.25, 0.3) is 0 Å². The van der Waals surface area contributed by atoms with Crippen molar-refractivity contribution in [3.63, 3.8) is 0 Å². The molecule has 4 heteroatoms. The summed E-state index contributed by atoms with van der Waals surface area (Å²) < 4.78 is 11.2. The molecule has 0 fully saturated rings. The first-order valence-corrected chi connectivity index (χ1v) is 8.16. The molecule has 0 saturated heterocycles. The average molecular weight is 327 g/mol. The maximum atomic E-state index is 12.0. The Labute approximate surface area is 143 Å². The van der Waals surface area contributed by atoms with Crippen LogP contribution in [0.15, 0.2) is 42.5 Å². The lowest BCUT2D eigenvalue weighted by Crippen LogP contribution is -2.28. The van der Waals surface area contributed by atoms with E-state index in [9.17, 15) is 4.79 Å². The molecule has 4 nitrogen and oxygen atoms in total. The predicted octanol–water partition coefficient (Wildman–Crippen LogP) is 3.79. The van der Waals surface area contributed by atoms with Gasteiger partial charge in [0.15, 0.2) is 6.61 Å². The first-order chi connectivity index (χ1) is 11.4. The second-order valence-corrected chi connectivity index (χ2v) is 6.15. The summed E-state index contributed by atoms with van der Waals surface area (Å²) in [6.45, 7) is 8.43. The van der Waals surface area contributed by atoms with E-state index in [2.05, 4.69) is 5.32 Å². The highest BCUT2D eigenvalue weighted by atomic mass is 16.5. The molecule has 1 N–H and O–H groups in total. The van der Waals surface area contributed by atoms with Crippen LogP contribution in [0.3, 0.4) is 0 Å². The minimum Gasteiger partial charge on any atom is -0.491 e. The minimum absolute atomic E-state index is 0.00604. The second-order valence-electron chi connectivity index (χ2n) is 6.15. The van der Waals surface area contributed by atoms with Crippen LogP contribution in [0, 0.1) is 13.8 Å². The number of nitrogens with one attached hydrogen (secondary N) is 1. The maximum absolute atomic E-state index is 12.0. The van der Waals surface area contributed by atoms with Gasteiger partial charge in [-0.25, -0.2) is 0 Å². The van der Waals surface area contributed by atoms with E-state index in [4.69, 9.17) is 9.47 Å². The number of carbonyl (C=O) groups excluding carboxylic acids is 1. The molecule has 1 amide bonds. The van der Waals surface area contributed by atoms with Crippen molar-refractivity contribution in [2.45, 2.75) is 40.3 Å². The summed E-state index contributed by atoms with van der Waals surface area (Å²) in [7, 11) is 0. The largest absolute Gasteiger partial charge is 0.491 e. The fourth-order valence-electron chi connectivity index (χ4n) is 2.36. The van der Waals surface area contributed by atoms with Gasteiger partial charge in [0.2, 0.25) is 0 Å². The van der Waals surface area contributed by atoms with Crippen LogP contribution in [0.5, 0.6) is 11.5 Å². The monoisotopic (exact) mass is 327 g/mol. The molecule has 0 aromatic heterocycles. The fourth-order valence-corrected chi connectivity index (χ4v) is 2.36. The lowest BCUT2D eigenvalue weighted by Gasteiger charge is -2.12. The van der Waals surface area contributed by atoms with Gasteiger partial charge in [-0.05, 0) is 57.0 Å².